The van der Waals surface area contributed by atoms with Crippen molar-refractivity contribution < 1.29 is 9.15 Å². The van der Waals surface area contributed by atoms with E-state index in [-0.39, 0.29) is 0 Å². The molecule has 4 heteroatoms. The van der Waals surface area contributed by atoms with Crippen LogP contribution in [0.2, 0.25) is 0 Å². The van der Waals surface area contributed by atoms with Crippen LogP contribution < -0.4 is 10.1 Å². The lowest BCUT2D eigenvalue weighted by Crippen LogP contribution is -2.31. The summed E-state index contributed by atoms with van der Waals surface area (Å²) in [6.45, 7) is 6.07. The average molecular weight is 328 g/mol. The molecule has 4 nitrogen and oxygen atoms in total. The highest BCUT2D eigenvalue weighted by Gasteiger charge is 2.09. The second kappa shape index (κ2) is 9.50. The molecule has 24 heavy (non-hydrogen) atoms. The van der Waals surface area contributed by atoms with Crippen molar-refractivity contribution in [3.8, 4) is 5.75 Å². The van der Waals surface area contributed by atoms with Gasteiger partial charge in [0.1, 0.15) is 11.5 Å². The second-order valence-electron chi connectivity index (χ2n) is 6.43. The van der Waals surface area contributed by atoms with E-state index in [9.17, 15) is 0 Å². The van der Waals surface area contributed by atoms with Crippen molar-refractivity contribution in [2.45, 2.75) is 38.8 Å². The summed E-state index contributed by atoms with van der Waals surface area (Å²) in [5.41, 5.74) is 1.25. The van der Waals surface area contributed by atoms with Crippen LogP contribution in [0.5, 0.6) is 5.75 Å². The van der Waals surface area contributed by atoms with Gasteiger partial charge in [0.15, 0.2) is 0 Å². The molecule has 0 radical (unpaired) electrons. The first-order valence-corrected chi connectivity index (χ1v) is 9.07. The van der Waals surface area contributed by atoms with Crippen LogP contribution in [0.25, 0.3) is 0 Å². The number of hydrogen-bond acceptors (Lipinski definition) is 4. The fourth-order valence-corrected chi connectivity index (χ4v) is 3.11. The van der Waals surface area contributed by atoms with Gasteiger partial charge in [-0.05, 0) is 62.2 Å². The Morgan fingerprint density at radius 3 is 2.58 bits per heavy atom. The summed E-state index contributed by atoms with van der Waals surface area (Å²) in [6, 6.07) is 12.3. The lowest BCUT2D eigenvalue weighted by molar-refractivity contribution is 0.205. The van der Waals surface area contributed by atoms with Gasteiger partial charge in [0.25, 0.3) is 0 Å². The van der Waals surface area contributed by atoms with E-state index >= 15 is 0 Å². The number of ether oxygens (including phenoxy) is 1. The van der Waals surface area contributed by atoms with Crippen molar-refractivity contribution >= 4 is 0 Å². The number of hydrogen-bond donors (Lipinski definition) is 1. The topological polar surface area (TPSA) is 37.6 Å². The lowest BCUT2D eigenvalue weighted by atomic mass is 10.1. The average Bonchev–Trinajstić information content (AvgIpc) is 3.14. The second-order valence-corrected chi connectivity index (χ2v) is 6.43. The molecule has 130 valence electrons. The number of nitrogens with one attached hydrogen (secondary N) is 1. The van der Waals surface area contributed by atoms with Crippen molar-refractivity contribution in [3.05, 3.63) is 54.0 Å². The zero-order valence-corrected chi connectivity index (χ0v) is 14.4. The third-order valence-corrected chi connectivity index (χ3v) is 4.47. The Morgan fingerprint density at radius 1 is 1.00 bits per heavy atom. The summed E-state index contributed by atoms with van der Waals surface area (Å²) in [7, 11) is 0. The minimum atomic E-state index is 0.752. The van der Waals surface area contributed by atoms with E-state index in [1.807, 2.05) is 12.1 Å². The van der Waals surface area contributed by atoms with E-state index in [1.54, 1.807) is 6.26 Å². The molecule has 0 bridgehead atoms. The first kappa shape index (κ1) is 17.1. The van der Waals surface area contributed by atoms with Crippen LogP contribution >= 0.6 is 0 Å². The van der Waals surface area contributed by atoms with E-state index in [1.165, 1.54) is 37.9 Å². The van der Waals surface area contributed by atoms with Crippen molar-refractivity contribution in [3.63, 3.8) is 0 Å². The number of rotatable bonds is 9. The summed E-state index contributed by atoms with van der Waals surface area (Å²) in [5.74, 6) is 1.92. The lowest BCUT2D eigenvalue weighted by Gasteiger charge is -2.26. The number of benzene rings is 1. The molecule has 0 unspecified atom stereocenters. The van der Waals surface area contributed by atoms with E-state index in [2.05, 4.69) is 34.5 Å². The molecule has 0 saturated carbocycles. The minimum Gasteiger partial charge on any atom is -0.494 e. The Labute approximate surface area is 144 Å². The summed E-state index contributed by atoms with van der Waals surface area (Å²) in [6.07, 6.45) is 6.92. The Balaban J connectivity index is 1.30. The van der Waals surface area contributed by atoms with Gasteiger partial charge >= 0.3 is 0 Å². The van der Waals surface area contributed by atoms with Gasteiger partial charge in [-0.2, -0.15) is 0 Å². The normalized spacial score (nSPS) is 15.5. The molecule has 1 aliphatic heterocycles. The zero-order chi connectivity index (χ0) is 16.5. The molecule has 1 aromatic heterocycles. The van der Waals surface area contributed by atoms with Crippen LogP contribution in [0.15, 0.2) is 47.1 Å². The summed E-state index contributed by atoms with van der Waals surface area (Å²) in [4.78, 5) is 2.56. The first-order valence-electron chi connectivity index (χ1n) is 9.07. The molecule has 1 aliphatic rings. The van der Waals surface area contributed by atoms with Gasteiger partial charge in [-0.3, -0.25) is 0 Å². The molecule has 0 aliphatic carbocycles. The van der Waals surface area contributed by atoms with Gasteiger partial charge in [-0.15, -0.1) is 0 Å². The van der Waals surface area contributed by atoms with Gasteiger partial charge in [0.2, 0.25) is 0 Å². The quantitative estimate of drug-likeness (QED) is 0.710. The Bertz CT molecular complexity index is 560. The summed E-state index contributed by atoms with van der Waals surface area (Å²) >= 11 is 0. The van der Waals surface area contributed by atoms with Crippen LogP contribution in [0.4, 0.5) is 0 Å². The summed E-state index contributed by atoms with van der Waals surface area (Å²) in [5, 5.41) is 3.37. The fourth-order valence-electron chi connectivity index (χ4n) is 3.11. The van der Waals surface area contributed by atoms with Crippen LogP contribution in [0.1, 0.15) is 37.0 Å². The highest BCUT2D eigenvalue weighted by molar-refractivity contribution is 5.27. The molecule has 3 rings (SSSR count). The SMILES string of the molecule is c1coc(CNCc2ccc(OCCCN3CCCCC3)cc2)c1. The van der Waals surface area contributed by atoms with Crippen molar-refractivity contribution in [1.82, 2.24) is 10.2 Å². The van der Waals surface area contributed by atoms with Gasteiger partial charge in [-0.1, -0.05) is 18.6 Å². The molecule has 0 amide bonds. The predicted octanol–water partition coefficient (Wildman–Crippen LogP) is 3.82. The fraction of sp³-hybridized carbons (Fsp3) is 0.500. The molecule has 2 aromatic rings. The highest BCUT2D eigenvalue weighted by atomic mass is 16.5. The molecule has 1 aromatic carbocycles. The molecule has 2 heterocycles. The smallest absolute Gasteiger partial charge is 0.119 e. The first-order chi connectivity index (χ1) is 11.9. The maximum atomic E-state index is 5.85. The molecular formula is C20H28N2O2. The Kier molecular flexibility index (Phi) is 6.75. The monoisotopic (exact) mass is 328 g/mol. The maximum absolute atomic E-state index is 5.85. The van der Waals surface area contributed by atoms with Crippen LogP contribution in [-0.2, 0) is 13.1 Å². The van der Waals surface area contributed by atoms with Gasteiger partial charge in [0, 0.05) is 13.1 Å². The van der Waals surface area contributed by atoms with Crippen LogP contribution in [0, 0.1) is 0 Å². The van der Waals surface area contributed by atoms with E-state index in [4.69, 9.17) is 9.15 Å². The maximum Gasteiger partial charge on any atom is 0.119 e. The standard InChI is InChI=1S/C20H28N2O2/c1-2-11-22(12-3-1)13-5-15-23-19-9-7-18(8-10-19)16-21-17-20-6-4-14-24-20/h4,6-10,14,21H,1-3,5,11-13,15-17H2. The third kappa shape index (κ3) is 5.69. The molecule has 1 N–H and O–H groups in total. The van der Waals surface area contributed by atoms with Gasteiger partial charge in [-0.25, -0.2) is 0 Å². The third-order valence-electron chi connectivity index (χ3n) is 4.47. The number of piperidine rings is 1. The zero-order valence-electron chi connectivity index (χ0n) is 14.4. The van der Waals surface area contributed by atoms with Crippen molar-refractivity contribution in [2.24, 2.45) is 0 Å². The molecule has 1 saturated heterocycles. The van der Waals surface area contributed by atoms with Gasteiger partial charge in [0.05, 0.1) is 19.4 Å². The Hall–Kier alpha value is -1.78. The summed E-state index contributed by atoms with van der Waals surface area (Å²) < 4.78 is 11.2. The van der Waals surface area contributed by atoms with E-state index in [0.717, 1.165) is 44.2 Å². The number of nitrogens with zero attached hydrogens (tertiary/aromatic N) is 1. The molecule has 0 atom stereocenters. The van der Waals surface area contributed by atoms with Crippen LogP contribution in [-0.4, -0.2) is 31.1 Å². The predicted molar refractivity (Wildman–Crippen MR) is 96.1 cm³/mol. The number of likely N-dealkylation sites (tertiary alicyclic amines) is 1. The van der Waals surface area contributed by atoms with E-state index in [0.29, 0.717) is 0 Å². The minimum absolute atomic E-state index is 0.752. The molecular weight excluding hydrogens is 300 g/mol. The van der Waals surface area contributed by atoms with Crippen molar-refractivity contribution in [2.75, 3.05) is 26.2 Å². The van der Waals surface area contributed by atoms with Gasteiger partial charge < -0.3 is 19.4 Å². The van der Waals surface area contributed by atoms with E-state index < -0.39 is 0 Å². The highest BCUT2D eigenvalue weighted by Crippen LogP contribution is 2.13. The molecule has 0 spiro atoms. The number of furan rings is 1. The van der Waals surface area contributed by atoms with Crippen molar-refractivity contribution in [1.29, 1.82) is 0 Å². The van der Waals surface area contributed by atoms with Crippen LogP contribution in [0.3, 0.4) is 0 Å². The Morgan fingerprint density at radius 2 is 1.83 bits per heavy atom. The largest absolute Gasteiger partial charge is 0.494 e. The molecule has 1 fully saturated rings.